The lowest BCUT2D eigenvalue weighted by molar-refractivity contribution is -0.142. The number of hydrogen-bond donors (Lipinski definition) is 1. The minimum absolute atomic E-state index is 0.168. The first-order chi connectivity index (χ1) is 16.8. The predicted molar refractivity (Wildman–Crippen MR) is 125 cm³/mol. The van der Waals surface area contributed by atoms with Crippen molar-refractivity contribution in [2.24, 2.45) is 0 Å². The molecule has 3 aromatic carbocycles. The molecule has 8 nitrogen and oxygen atoms in total. The summed E-state index contributed by atoms with van der Waals surface area (Å²) in [5.74, 6) is -2.76. The van der Waals surface area contributed by atoms with Crippen LogP contribution in [0.3, 0.4) is 0 Å². The van der Waals surface area contributed by atoms with Gasteiger partial charge in [-0.15, -0.1) is 0 Å². The number of carbonyl (C=O) groups excluding carboxylic acids is 4. The molecule has 1 aliphatic rings. The van der Waals surface area contributed by atoms with Crippen molar-refractivity contribution in [1.82, 2.24) is 10.4 Å². The second-order valence-electron chi connectivity index (χ2n) is 7.94. The zero-order valence-corrected chi connectivity index (χ0v) is 18.8. The third-order valence-corrected chi connectivity index (χ3v) is 5.43. The molecule has 1 aliphatic heterocycles. The van der Waals surface area contributed by atoms with E-state index in [2.05, 4.69) is 5.43 Å². The maximum absolute atomic E-state index is 13.3. The zero-order valence-electron chi connectivity index (χ0n) is 18.8. The Hall–Kier alpha value is -4.53. The van der Waals surface area contributed by atoms with Crippen molar-refractivity contribution < 1.29 is 28.3 Å². The van der Waals surface area contributed by atoms with Crippen LogP contribution in [0.4, 0.5) is 10.1 Å². The summed E-state index contributed by atoms with van der Waals surface area (Å²) in [5.41, 5.74) is 3.85. The smallest absolute Gasteiger partial charge is 0.279 e. The first-order valence-electron chi connectivity index (χ1n) is 10.8. The van der Waals surface area contributed by atoms with Crippen molar-refractivity contribution in [3.8, 4) is 5.75 Å². The van der Waals surface area contributed by atoms with Crippen LogP contribution in [-0.4, -0.2) is 41.3 Å². The van der Waals surface area contributed by atoms with Crippen LogP contribution < -0.4 is 15.1 Å². The largest absolute Gasteiger partial charge is 0.484 e. The molecule has 3 aromatic rings. The summed E-state index contributed by atoms with van der Waals surface area (Å²) in [6.45, 7) is 1.39. The molecule has 0 aliphatic carbocycles. The molecule has 0 saturated carbocycles. The summed E-state index contributed by atoms with van der Waals surface area (Å²) in [6.07, 6.45) is -0.360. The van der Waals surface area contributed by atoms with Gasteiger partial charge in [0.25, 0.3) is 17.7 Å². The van der Waals surface area contributed by atoms with Gasteiger partial charge in [0.15, 0.2) is 6.61 Å². The second-order valence-corrected chi connectivity index (χ2v) is 7.94. The van der Waals surface area contributed by atoms with E-state index >= 15 is 0 Å². The number of hydrazine groups is 1. The predicted octanol–water partition coefficient (Wildman–Crippen LogP) is 3.02. The Morgan fingerprint density at radius 2 is 1.66 bits per heavy atom. The van der Waals surface area contributed by atoms with Crippen LogP contribution in [0.5, 0.6) is 5.75 Å². The molecule has 1 saturated heterocycles. The Morgan fingerprint density at radius 1 is 1.00 bits per heavy atom. The molecule has 0 radical (unpaired) electrons. The topological polar surface area (TPSA) is 96.0 Å². The number of anilines is 1. The number of carbonyl (C=O) groups is 4. The SMILES string of the molecule is Cc1ccc(C(=O)NN(C(=O)COc2ccccc2)C2CC(=O)N(c3ccc(F)cc3)C2=O)cc1. The van der Waals surface area contributed by atoms with Crippen LogP contribution in [0.2, 0.25) is 0 Å². The lowest BCUT2D eigenvalue weighted by Gasteiger charge is -2.28. The minimum atomic E-state index is -1.30. The van der Waals surface area contributed by atoms with E-state index in [1.165, 1.54) is 12.1 Å². The molecular formula is C26H22FN3O5. The van der Waals surface area contributed by atoms with E-state index in [1.54, 1.807) is 54.6 Å². The number of para-hydroxylation sites is 1. The monoisotopic (exact) mass is 475 g/mol. The summed E-state index contributed by atoms with van der Waals surface area (Å²) in [7, 11) is 0. The first-order valence-corrected chi connectivity index (χ1v) is 10.8. The average Bonchev–Trinajstić information content (AvgIpc) is 3.16. The van der Waals surface area contributed by atoms with Crippen LogP contribution in [0.15, 0.2) is 78.9 Å². The van der Waals surface area contributed by atoms with Gasteiger partial charge in [-0.3, -0.25) is 24.6 Å². The summed E-state index contributed by atoms with van der Waals surface area (Å²) in [6, 6.07) is 18.7. The minimum Gasteiger partial charge on any atom is -0.484 e. The number of ether oxygens (including phenoxy) is 1. The van der Waals surface area contributed by atoms with E-state index < -0.39 is 42.1 Å². The lowest BCUT2D eigenvalue weighted by Crippen LogP contribution is -2.56. The Labute approximate surface area is 200 Å². The van der Waals surface area contributed by atoms with Crippen molar-refractivity contribution in [3.05, 3.63) is 95.8 Å². The van der Waals surface area contributed by atoms with Crippen LogP contribution in [0.25, 0.3) is 0 Å². The third kappa shape index (κ3) is 5.35. The Kier molecular flexibility index (Phi) is 6.86. The van der Waals surface area contributed by atoms with Gasteiger partial charge in [0, 0.05) is 5.56 Å². The van der Waals surface area contributed by atoms with Crippen molar-refractivity contribution in [2.45, 2.75) is 19.4 Å². The van der Waals surface area contributed by atoms with Crippen molar-refractivity contribution in [2.75, 3.05) is 11.5 Å². The molecule has 178 valence electrons. The van der Waals surface area contributed by atoms with Crippen molar-refractivity contribution in [1.29, 1.82) is 0 Å². The normalized spacial score (nSPS) is 15.1. The number of aryl methyl sites for hydroxylation is 1. The lowest BCUT2D eigenvalue weighted by atomic mass is 10.1. The first kappa shape index (κ1) is 23.6. The number of rotatable bonds is 6. The number of hydrogen-bond acceptors (Lipinski definition) is 5. The van der Waals surface area contributed by atoms with E-state index in [4.69, 9.17) is 4.74 Å². The molecule has 35 heavy (non-hydrogen) atoms. The van der Waals surface area contributed by atoms with Crippen molar-refractivity contribution in [3.63, 3.8) is 0 Å². The maximum atomic E-state index is 13.3. The van der Waals surface area contributed by atoms with E-state index in [0.717, 1.165) is 27.6 Å². The van der Waals surface area contributed by atoms with Gasteiger partial charge in [0.05, 0.1) is 12.1 Å². The molecule has 0 aromatic heterocycles. The highest BCUT2D eigenvalue weighted by Crippen LogP contribution is 2.26. The van der Waals surface area contributed by atoms with Gasteiger partial charge < -0.3 is 4.74 Å². The highest BCUT2D eigenvalue weighted by molar-refractivity contribution is 6.23. The average molecular weight is 475 g/mol. The fourth-order valence-corrected chi connectivity index (χ4v) is 3.60. The molecule has 1 atom stereocenters. The number of nitrogens with zero attached hydrogens (tertiary/aromatic N) is 2. The molecule has 4 amide bonds. The van der Waals surface area contributed by atoms with Crippen LogP contribution >= 0.6 is 0 Å². The van der Waals surface area contributed by atoms with Crippen LogP contribution in [0, 0.1) is 12.7 Å². The third-order valence-electron chi connectivity index (χ3n) is 5.43. The number of nitrogens with one attached hydrogen (secondary N) is 1. The van der Waals surface area contributed by atoms with Gasteiger partial charge >= 0.3 is 0 Å². The molecule has 0 bridgehead atoms. The summed E-state index contributed by atoms with van der Waals surface area (Å²) in [5, 5.41) is 0.842. The van der Waals surface area contributed by atoms with Gasteiger partial charge in [0.2, 0.25) is 5.91 Å². The Balaban J connectivity index is 1.58. The quantitative estimate of drug-likeness (QED) is 0.437. The Bertz CT molecular complexity index is 1250. The molecule has 9 heteroatoms. The Morgan fingerprint density at radius 3 is 2.31 bits per heavy atom. The number of imide groups is 1. The number of benzene rings is 3. The second kappa shape index (κ2) is 10.2. The number of halogens is 1. The zero-order chi connectivity index (χ0) is 24.9. The maximum Gasteiger partial charge on any atom is 0.279 e. The summed E-state index contributed by atoms with van der Waals surface area (Å²) in [4.78, 5) is 52.8. The highest BCUT2D eigenvalue weighted by Gasteiger charge is 2.45. The molecule has 1 heterocycles. The molecule has 1 unspecified atom stereocenters. The summed E-state index contributed by atoms with van der Waals surface area (Å²) >= 11 is 0. The molecular weight excluding hydrogens is 453 g/mol. The molecule has 1 N–H and O–H groups in total. The fourth-order valence-electron chi connectivity index (χ4n) is 3.60. The molecule has 4 rings (SSSR count). The number of amides is 4. The van der Waals surface area contributed by atoms with Gasteiger partial charge in [0.1, 0.15) is 17.6 Å². The van der Waals surface area contributed by atoms with Gasteiger partial charge in [-0.05, 0) is 55.5 Å². The van der Waals surface area contributed by atoms with Gasteiger partial charge in [-0.2, -0.15) is 0 Å². The highest BCUT2D eigenvalue weighted by atomic mass is 19.1. The van der Waals surface area contributed by atoms with E-state index in [0.29, 0.717) is 5.75 Å². The van der Waals surface area contributed by atoms with E-state index in [-0.39, 0.29) is 17.7 Å². The van der Waals surface area contributed by atoms with E-state index in [1.807, 2.05) is 6.92 Å². The standard InChI is InChI=1S/C26H22FN3O5/c1-17-7-9-18(10-8-17)25(33)28-30(24(32)16-35-21-5-3-2-4-6-21)22-15-23(31)29(26(22)34)20-13-11-19(27)12-14-20/h2-14,22H,15-16H2,1H3,(H,28,33). The summed E-state index contributed by atoms with van der Waals surface area (Å²) < 4.78 is 18.8. The van der Waals surface area contributed by atoms with Crippen LogP contribution in [0.1, 0.15) is 22.3 Å². The van der Waals surface area contributed by atoms with Crippen LogP contribution in [-0.2, 0) is 14.4 Å². The van der Waals surface area contributed by atoms with Gasteiger partial charge in [-0.1, -0.05) is 35.9 Å². The van der Waals surface area contributed by atoms with E-state index in [9.17, 15) is 23.6 Å². The van der Waals surface area contributed by atoms with Crippen molar-refractivity contribution >= 4 is 29.3 Å². The van der Waals surface area contributed by atoms with Gasteiger partial charge in [-0.25, -0.2) is 14.3 Å². The molecule has 0 spiro atoms. The molecule has 1 fully saturated rings. The fraction of sp³-hybridized carbons (Fsp3) is 0.154.